The predicted molar refractivity (Wildman–Crippen MR) is 156 cm³/mol. The molecule has 0 bridgehead atoms. The van der Waals surface area contributed by atoms with Gasteiger partial charge in [0.15, 0.2) is 0 Å². The van der Waals surface area contributed by atoms with Crippen molar-refractivity contribution in [2.24, 2.45) is 11.5 Å². The summed E-state index contributed by atoms with van der Waals surface area (Å²) in [6.45, 7) is 0. The number of carbonyl (C=O) groups excluding carboxylic acids is 4. The third kappa shape index (κ3) is 9.08. The maximum atomic E-state index is 13.5. The lowest BCUT2D eigenvalue weighted by Crippen LogP contribution is -2.58. The van der Waals surface area contributed by atoms with Gasteiger partial charge in [-0.2, -0.15) is 12.6 Å². The summed E-state index contributed by atoms with van der Waals surface area (Å²) in [6.07, 6.45) is 1.37. The third-order valence-corrected chi connectivity index (χ3v) is 6.87. The molecule has 0 saturated carbocycles. The first kappa shape index (κ1) is 31.2. The second-order valence-electron chi connectivity index (χ2n) is 9.57. The van der Waals surface area contributed by atoms with E-state index in [-0.39, 0.29) is 31.4 Å². The van der Waals surface area contributed by atoms with Crippen molar-refractivity contribution in [3.8, 4) is 0 Å². The highest BCUT2D eigenvalue weighted by atomic mass is 32.1. The molecule has 41 heavy (non-hydrogen) atoms. The van der Waals surface area contributed by atoms with E-state index in [1.54, 1.807) is 36.5 Å². The highest BCUT2D eigenvalue weighted by Crippen LogP contribution is 2.19. The van der Waals surface area contributed by atoms with E-state index in [0.29, 0.717) is 11.1 Å². The summed E-state index contributed by atoms with van der Waals surface area (Å²) in [6, 6.07) is 11.5. The summed E-state index contributed by atoms with van der Waals surface area (Å²) in [5.41, 5.74) is 13.2. The van der Waals surface area contributed by atoms with E-state index >= 15 is 0 Å². The summed E-state index contributed by atoms with van der Waals surface area (Å²) >= 11 is 3.99. The molecule has 12 nitrogen and oxygen atoms in total. The standard InChI is InChI=1S/C28H34N6O6S/c29-19(15-41)25(36)32-21(10-11-24(30)35)26(37)33-22(12-16-6-2-1-3-7-16)27(38)34-23(28(39)40)13-17-14-31-20-9-5-4-8-18(17)20/h1-9,14,19,21-23,31,41H,10-13,15,29H2,(H2,30,35)(H,32,36)(H,33,37)(H,34,38)(H,39,40). The Morgan fingerprint density at radius 3 is 2.10 bits per heavy atom. The van der Waals surface area contributed by atoms with Crippen molar-refractivity contribution in [3.05, 3.63) is 71.9 Å². The van der Waals surface area contributed by atoms with Crippen LogP contribution >= 0.6 is 12.6 Å². The molecule has 0 saturated heterocycles. The fraction of sp³-hybridized carbons (Fsp3) is 0.321. The zero-order chi connectivity index (χ0) is 29.9. The molecule has 9 N–H and O–H groups in total. The van der Waals surface area contributed by atoms with E-state index in [1.165, 1.54) is 0 Å². The molecule has 13 heteroatoms. The van der Waals surface area contributed by atoms with E-state index in [0.717, 1.165) is 10.9 Å². The number of aromatic amines is 1. The average Bonchev–Trinajstić information content (AvgIpc) is 3.36. The van der Waals surface area contributed by atoms with E-state index in [4.69, 9.17) is 11.5 Å². The number of hydrogen-bond acceptors (Lipinski definition) is 7. The number of thiol groups is 1. The summed E-state index contributed by atoms with van der Waals surface area (Å²) in [4.78, 5) is 65.8. The van der Waals surface area contributed by atoms with E-state index in [1.807, 2.05) is 24.3 Å². The van der Waals surface area contributed by atoms with Crippen LogP contribution in [-0.2, 0) is 36.8 Å². The van der Waals surface area contributed by atoms with Gasteiger partial charge in [-0.25, -0.2) is 4.79 Å². The first-order valence-corrected chi connectivity index (χ1v) is 13.6. The number of fused-ring (bicyclic) bond motifs is 1. The SMILES string of the molecule is NC(=O)CCC(NC(=O)C(N)CS)C(=O)NC(Cc1ccccc1)C(=O)NC(Cc1c[nH]c2ccccc12)C(=O)O. The second kappa shape index (κ2) is 14.9. The van der Waals surface area contributed by atoms with Crippen molar-refractivity contribution in [3.63, 3.8) is 0 Å². The van der Waals surface area contributed by atoms with Crippen molar-refractivity contribution < 1.29 is 29.1 Å². The number of hydrogen-bond donors (Lipinski definition) is 8. The number of aliphatic carboxylic acids is 1. The number of nitrogens with one attached hydrogen (secondary N) is 4. The van der Waals surface area contributed by atoms with Crippen molar-refractivity contribution in [1.82, 2.24) is 20.9 Å². The quantitative estimate of drug-likeness (QED) is 0.115. The summed E-state index contributed by atoms with van der Waals surface area (Å²) in [7, 11) is 0. The van der Waals surface area contributed by atoms with Gasteiger partial charge in [0, 0.05) is 42.1 Å². The lowest BCUT2D eigenvalue weighted by Gasteiger charge is -2.25. The largest absolute Gasteiger partial charge is 0.480 e. The van der Waals surface area contributed by atoms with Crippen LogP contribution in [0.3, 0.4) is 0 Å². The molecule has 0 aliphatic rings. The van der Waals surface area contributed by atoms with Gasteiger partial charge in [0.25, 0.3) is 0 Å². The van der Waals surface area contributed by atoms with Gasteiger partial charge in [0.2, 0.25) is 23.6 Å². The number of primary amides is 1. The Kier molecular flexibility index (Phi) is 11.3. The fourth-order valence-electron chi connectivity index (χ4n) is 4.24. The zero-order valence-electron chi connectivity index (χ0n) is 22.2. The minimum Gasteiger partial charge on any atom is -0.480 e. The van der Waals surface area contributed by atoms with Crippen LogP contribution in [0.5, 0.6) is 0 Å². The van der Waals surface area contributed by atoms with Crippen LogP contribution in [0.25, 0.3) is 10.9 Å². The van der Waals surface area contributed by atoms with Crippen LogP contribution in [0.2, 0.25) is 0 Å². The minimum atomic E-state index is -1.30. The molecule has 2 aromatic carbocycles. The summed E-state index contributed by atoms with van der Waals surface area (Å²) in [5.74, 6) is -4.08. The van der Waals surface area contributed by atoms with Crippen LogP contribution < -0.4 is 27.4 Å². The van der Waals surface area contributed by atoms with E-state index < -0.39 is 53.8 Å². The molecule has 4 amide bonds. The molecule has 218 valence electrons. The molecule has 3 aromatic rings. The van der Waals surface area contributed by atoms with Gasteiger partial charge in [-0.05, 0) is 23.6 Å². The fourth-order valence-corrected chi connectivity index (χ4v) is 4.41. The summed E-state index contributed by atoms with van der Waals surface area (Å²) < 4.78 is 0. The number of para-hydroxylation sites is 1. The van der Waals surface area contributed by atoms with Crippen LogP contribution in [0.1, 0.15) is 24.0 Å². The maximum absolute atomic E-state index is 13.5. The Balaban J connectivity index is 1.82. The van der Waals surface area contributed by atoms with Crippen molar-refractivity contribution in [1.29, 1.82) is 0 Å². The topological polar surface area (TPSA) is 209 Å². The molecular formula is C28H34N6O6S. The van der Waals surface area contributed by atoms with Gasteiger partial charge < -0.3 is 37.5 Å². The number of nitrogens with two attached hydrogens (primary N) is 2. The Labute approximate surface area is 242 Å². The molecule has 0 radical (unpaired) electrons. The van der Waals surface area contributed by atoms with Crippen molar-refractivity contribution >= 4 is 53.1 Å². The van der Waals surface area contributed by atoms with Gasteiger partial charge in [-0.15, -0.1) is 0 Å². The number of amides is 4. The molecular weight excluding hydrogens is 548 g/mol. The van der Waals surface area contributed by atoms with Crippen LogP contribution in [0.4, 0.5) is 0 Å². The first-order chi connectivity index (χ1) is 19.6. The van der Waals surface area contributed by atoms with Crippen LogP contribution in [-0.4, -0.2) is 69.6 Å². The summed E-state index contributed by atoms with van der Waals surface area (Å²) in [5, 5.41) is 18.4. The van der Waals surface area contributed by atoms with Crippen molar-refractivity contribution in [2.45, 2.75) is 49.9 Å². The maximum Gasteiger partial charge on any atom is 0.326 e. The molecule has 1 aromatic heterocycles. The average molecular weight is 583 g/mol. The second-order valence-corrected chi connectivity index (χ2v) is 9.93. The van der Waals surface area contributed by atoms with E-state index in [9.17, 15) is 29.1 Å². The van der Waals surface area contributed by atoms with Gasteiger partial charge >= 0.3 is 5.97 Å². The molecule has 4 atom stereocenters. The smallest absolute Gasteiger partial charge is 0.326 e. The number of H-pyrrole nitrogens is 1. The Morgan fingerprint density at radius 2 is 1.44 bits per heavy atom. The number of carbonyl (C=O) groups is 5. The highest BCUT2D eigenvalue weighted by Gasteiger charge is 2.31. The molecule has 0 aliphatic heterocycles. The molecule has 0 fully saturated rings. The number of carboxylic acid groups (broad SMARTS) is 1. The van der Waals surface area contributed by atoms with Crippen LogP contribution in [0.15, 0.2) is 60.8 Å². The molecule has 1 heterocycles. The number of aromatic nitrogens is 1. The highest BCUT2D eigenvalue weighted by molar-refractivity contribution is 7.80. The lowest BCUT2D eigenvalue weighted by atomic mass is 10.0. The monoisotopic (exact) mass is 582 g/mol. The minimum absolute atomic E-state index is 0.00397. The molecule has 0 aliphatic carbocycles. The Morgan fingerprint density at radius 1 is 0.829 bits per heavy atom. The number of benzene rings is 2. The third-order valence-electron chi connectivity index (χ3n) is 6.48. The van der Waals surface area contributed by atoms with Crippen molar-refractivity contribution in [2.75, 3.05) is 5.75 Å². The first-order valence-electron chi connectivity index (χ1n) is 13.0. The molecule has 3 rings (SSSR count). The normalized spacial score (nSPS) is 13.9. The number of carboxylic acids is 1. The lowest BCUT2D eigenvalue weighted by molar-refractivity contribution is -0.142. The Hall–Kier alpha value is -4.36. The van der Waals surface area contributed by atoms with Gasteiger partial charge in [-0.1, -0.05) is 48.5 Å². The van der Waals surface area contributed by atoms with Gasteiger partial charge in [-0.3, -0.25) is 19.2 Å². The molecule has 0 spiro atoms. The predicted octanol–water partition coefficient (Wildman–Crippen LogP) is 0.0147. The Bertz CT molecular complexity index is 1380. The van der Waals surface area contributed by atoms with Gasteiger partial charge in [0.05, 0.1) is 6.04 Å². The zero-order valence-corrected chi connectivity index (χ0v) is 23.1. The van der Waals surface area contributed by atoms with E-state index in [2.05, 4.69) is 33.6 Å². The number of rotatable bonds is 15. The molecule has 4 unspecified atom stereocenters. The van der Waals surface area contributed by atoms with Gasteiger partial charge in [0.1, 0.15) is 18.1 Å². The van der Waals surface area contributed by atoms with Crippen LogP contribution in [0, 0.1) is 0 Å².